The van der Waals surface area contributed by atoms with Crippen molar-refractivity contribution >= 4 is 5.78 Å². The number of hydrogen-bond donors (Lipinski definition) is 0. The number of benzene rings is 1. The fraction of sp³-hybridized carbons (Fsp3) is 0.652. The summed E-state index contributed by atoms with van der Waals surface area (Å²) in [5, 5.41) is 9.87. The van der Waals surface area contributed by atoms with Gasteiger partial charge in [-0.05, 0) is 77.4 Å². The minimum Gasteiger partial charge on any atom is -0.493 e. The molecule has 0 aromatic heterocycles. The zero-order chi connectivity index (χ0) is 20.7. The molecule has 2 fully saturated rings. The van der Waals surface area contributed by atoms with Gasteiger partial charge in [-0.1, -0.05) is 13.0 Å². The second-order valence-electron chi connectivity index (χ2n) is 8.50. The largest absolute Gasteiger partial charge is 0.493 e. The van der Waals surface area contributed by atoms with Crippen LogP contribution in [0.25, 0.3) is 0 Å². The van der Waals surface area contributed by atoms with E-state index in [0.717, 1.165) is 24.2 Å². The first-order valence-corrected chi connectivity index (χ1v) is 10.2. The molecule has 0 bridgehead atoms. The van der Waals surface area contributed by atoms with E-state index < -0.39 is 5.41 Å². The molecule has 2 aliphatic carbocycles. The Morgan fingerprint density at radius 3 is 2.36 bits per heavy atom. The molecule has 28 heavy (non-hydrogen) atoms. The van der Waals surface area contributed by atoms with Gasteiger partial charge in [-0.25, -0.2) is 0 Å². The maximum absolute atomic E-state index is 11.9. The first-order chi connectivity index (χ1) is 13.3. The molecule has 0 heterocycles. The molecule has 2 unspecified atom stereocenters. The molecule has 0 aliphatic heterocycles. The minimum atomic E-state index is -0.604. The summed E-state index contributed by atoms with van der Waals surface area (Å²) < 4.78 is 11.6. The molecule has 2 saturated carbocycles. The van der Waals surface area contributed by atoms with Gasteiger partial charge in [0.15, 0.2) is 11.5 Å². The first-order valence-electron chi connectivity index (χ1n) is 10.2. The van der Waals surface area contributed by atoms with Crippen molar-refractivity contribution < 1.29 is 14.3 Å². The van der Waals surface area contributed by atoms with Crippen LogP contribution < -0.4 is 9.47 Å². The van der Waals surface area contributed by atoms with Gasteiger partial charge in [0.2, 0.25) is 0 Å². The van der Waals surface area contributed by atoms with E-state index in [1.54, 1.807) is 7.11 Å². The van der Waals surface area contributed by atoms with Crippen molar-refractivity contribution in [3.63, 3.8) is 0 Å². The Labute approximate surface area is 169 Å². The Bertz CT molecular complexity index is 702. The molecule has 0 N–H and O–H groups in total. The van der Waals surface area contributed by atoms with Crippen molar-refractivity contribution in [3.05, 3.63) is 23.8 Å². The van der Waals surface area contributed by atoms with E-state index in [1.165, 1.54) is 12.8 Å². The maximum atomic E-state index is 11.9. The Balaban J connectivity index is 0.000000640. The summed E-state index contributed by atoms with van der Waals surface area (Å²) in [5.41, 5.74) is 0.339. The quantitative estimate of drug-likeness (QED) is 0.770. The zero-order valence-corrected chi connectivity index (χ0v) is 18.0. The third-order valence-corrected chi connectivity index (χ3v) is 5.53. The lowest BCUT2D eigenvalue weighted by molar-refractivity contribution is -0.124. The van der Waals surface area contributed by atoms with E-state index in [2.05, 4.69) is 6.07 Å². The Kier molecular flexibility index (Phi) is 7.88. The van der Waals surface area contributed by atoms with E-state index in [-0.39, 0.29) is 17.8 Å². The maximum Gasteiger partial charge on any atom is 0.161 e. The van der Waals surface area contributed by atoms with Gasteiger partial charge in [-0.2, -0.15) is 5.26 Å². The van der Waals surface area contributed by atoms with Gasteiger partial charge in [0, 0.05) is 12.3 Å². The molecule has 5 nitrogen and oxygen atoms in total. The predicted octanol–water partition coefficient (Wildman–Crippen LogP) is 4.34. The van der Waals surface area contributed by atoms with E-state index in [1.807, 2.05) is 51.2 Å². The van der Waals surface area contributed by atoms with Gasteiger partial charge in [0.05, 0.1) is 24.7 Å². The Morgan fingerprint density at radius 1 is 1.18 bits per heavy atom. The molecule has 3 rings (SSSR count). The topological polar surface area (TPSA) is 62.6 Å². The normalized spacial score (nSPS) is 25.0. The third-order valence-electron chi connectivity index (χ3n) is 5.53. The van der Waals surface area contributed by atoms with Crippen LogP contribution in [0.1, 0.15) is 57.4 Å². The number of nitriles is 1. The van der Waals surface area contributed by atoms with Gasteiger partial charge in [0.1, 0.15) is 5.78 Å². The number of ether oxygens (including phenoxy) is 2. The fourth-order valence-corrected chi connectivity index (χ4v) is 4.00. The molecule has 0 amide bonds. The second-order valence-corrected chi connectivity index (χ2v) is 8.50. The lowest BCUT2D eigenvalue weighted by Gasteiger charge is -2.34. The van der Waals surface area contributed by atoms with Crippen molar-refractivity contribution in [3.8, 4) is 17.6 Å². The van der Waals surface area contributed by atoms with Gasteiger partial charge >= 0.3 is 0 Å². The van der Waals surface area contributed by atoms with Crippen LogP contribution in [0.15, 0.2) is 18.2 Å². The highest BCUT2D eigenvalue weighted by atomic mass is 16.5. The molecule has 154 valence electrons. The van der Waals surface area contributed by atoms with Crippen LogP contribution in [0.2, 0.25) is 0 Å². The summed E-state index contributed by atoms with van der Waals surface area (Å²) in [6, 6.07) is 8.29. The van der Waals surface area contributed by atoms with Crippen molar-refractivity contribution in [1.82, 2.24) is 4.90 Å². The SMILES string of the molecule is CN(C)C.COc1ccc(C2(C#N)CCC(=O)C(C)C2)cc1OC1CCCC1. The number of ketones is 1. The van der Waals surface area contributed by atoms with Crippen molar-refractivity contribution in [2.45, 2.75) is 63.4 Å². The number of methoxy groups -OCH3 is 1. The Morgan fingerprint density at radius 2 is 1.82 bits per heavy atom. The fourth-order valence-electron chi connectivity index (χ4n) is 4.00. The van der Waals surface area contributed by atoms with Crippen molar-refractivity contribution in [2.24, 2.45) is 5.92 Å². The summed E-state index contributed by atoms with van der Waals surface area (Å²) in [6.45, 7) is 1.92. The van der Waals surface area contributed by atoms with E-state index >= 15 is 0 Å². The van der Waals surface area contributed by atoms with Crippen LogP contribution in [0, 0.1) is 17.2 Å². The average Bonchev–Trinajstić information content (AvgIpc) is 3.17. The Hall–Kier alpha value is -2.06. The molecule has 5 heteroatoms. The minimum absolute atomic E-state index is 0.0697. The molecular weight excluding hydrogens is 352 g/mol. The number of hydrogen-bond acceptors (Lipinski definition) is 5. The number of Topliss-reactive ketones (excluding diaryl/α,β-unsaturated/α-hetero) is 1. The molecule has 0 spiro atoms. The summed E-state index contributed by atoms with van der Waals surface area (Å²) >= 11 is 0. The highest BCUT2D eigenvalue weighted by Crippen LogP contribution is 2.43. The van der Waals surface area contributed by atoms with E-state index in [9.17, 15) is 10.1 Å². The third kappa shape index (κ3) is 5.48. The lowest BCUT2D eigenvalue weighted by atomic mass is 9.66. The number of rotatable bonds is 4. The standard InChI is InChI=1S/C20H25NO3.C3H9N/c1-14-12-20(13-21,10-9-17(14)22)15-7-8-18(23-2)19(11-15)24-16-5-3-4-6-16;1-4(2)3/h7-8,11,14,16H,3-6,9-10,12H2,1-2H3;1-3H3. The molecule has 0 saturated heterocycles. The van der Waals surface area contributed by atoms with Crippen LogP contribution in [-0.2, 0) is 10.2 Å². The zero-order valence-electron chi connectivity index (χ0n) is 18.0. The van der Waals surface area contributed by atoms with Gasteiger partial charge in [-0.15, -0.1) is 0 Å². The monoisotopic (exact) mass is 386 g/mol. The summed E-state index contributed by atoms with van der Waals surface area (Å²) in [6.07, 6.45) is 6.42. The van der Waals surface area contributed by atoms with E-state index in [0.29, 0.717) is 25.0 Å². The van der Waals surface area contributed by atoms with Crippen LogP contribution in [0.5, 0.6) is 11.5 Å². The summed E-state index contributed by atoms with van der Waals surface area (Å²) in [4.78, 5) is 13.9. The summed E-state index contributed by atoms with van der Waals surface area (Å²) in [7, 11) is 7.64. The molecule has 1 aromatic rings. The number of carbonyl (C=O) groups is 1. The van der Waals surface area contributed by atoms with Crippen LogP contribution >= 0.6 is 0 Å². The molecule has 0 radical (unpaired) electrons. The van der Waals surface area contributed by atoms with Crippen LogP contribution in [0.3, 0.4) is 0 Å². The smallest absolute Gasteiger partial charge is 0.161 e. The van der Waals surface area contributed by atoms with Crippen molar-refractivity contribution in [2.75, 3.05) is 28.3 Å². The van der Waals surface area contributed by atoms with Gasteiger partial charge < -0.3 is 14.4 Å². The lowest BCUT2D eigenvalue weighted by Crippen LogP contribution is -2.35. The molecule has 2 atom stereocenters. The van der Waals surface area contributed by atoms with Crippen LogP contribution in [0.4, 0.5) is 0 Å². The highest BCUT2D eigenvalue weighted by molar-refractivity contribution is 5.82. The summed E-state index contributed by atoms with van der Waals surface area (Å²) in [5.74, 6) is 1.62. The molecule has 2 aliphatic rings. The average molecular weight is 387 g/mol. The van der Waals surface area contributed by atoms with E-state index in [4.69, 9.17) is 9.47 Å². The number of nitrogens with zero attached hydrogens (tertiary/aromatic N) is 2. The number of carbonyl (C=O) groups excluding carboxylic acids is 1. The van der Waals surface area contributed by atoms with Gasteiger partial charge in [-0.3, -0.25) is 4.79 Å². The highest BCUT2D eigenvalue weighted by Gasteiger charge is 2.40. The van der Waals surface area contributed by atoms with Gasteiger partial charge in [0.25, 0.3) is 0 Å². The van der Waals surface area contributed by atoms with Crippen molar-refractivity contribution in [1.29, 1.82) is 5.26 Å². The first kappa shape index (κ1) is 22.2. The van der Waals surface area contributed by atoms with Crippen LogP contribution in [-0.4, -0.2) is 45.0 Å². The molecular formula is C23H34N2O3. The second kappa shape index (κ2) is 9.93. The molecule has 1 aromatic carbocycles. The predicted molar refractivity (Wildman–Crippen MR) is 111 cm³/mol.